The van der Waals surface area contributed by atoms with Crippen molar-refractivity contribution in [1.29, 1.82) is 0 Å². The lowest BCUT2D eigenvalue weighted by molar-refractivity contribution is -0.124. The summed E-state index contributed by atoms with van der Waals surface area (Å²) in [6.07, 6.45) is 3.80. The van der Waals surface area contributed by atoms with Crippen molar-refractivity contribution in [2.45, 2.75) is 74.0 Å². The highest BCUT2D eigenvalue weighted by Gasteiger charge is 2.28. The Labute approximate surface area is 226 Å². The third-order valence-electron chi connectivity index (χ3n) is 6.05. The van der Waals surface area contributed by atoms with Crippen LogP contribution >= 0.6 is 21.4 Å². The highest BCUT2D eigenvalue weighted by molar-refractivity contribution is 8.14. The third kappa shape index (κ3) is 9.79. The molecular formula is C25H28Cl2N2O6S2. The van der Waals surface area contributed by atoms with Crippen molar-refractivity contribution in [3.8, 4) is 0 Å². The molecule has 0 saturated carbocycles. The van der Waals surface area contributed by atoms with E-state index in [2.05, 4.69) is 4.79 Å². The lowest BCUT2D eigenvalue weighted by Crippen LogP contribution is -2.25. The van der Waals surface area contributed by atoms with Gasteiger partial charge in [-0.15, -0.1) is 0 Å². The monoisotopic (exact) mass is 586 g/mol. The quantitative estimate of drug-likeness (QED) is 0.0680. The Morgan fingerprint density at radius 1 is 0.811 bits per heavy atom. The molecule has 2 aromatic rings. The van der Waals surface area contributed by atoms with Crippen LogP contribution in [-0.2, 0) is 34.1 Å². The van der Waals surface area contributed by atoms with Crippen LogP contribution in [0.5, 0.6) is 0 Å². The minimum Gasteiger partial charge on any atom is -0.360 e. The second kappa shape index (κ2) is 14.0. The van der Waals surface area contributed by atoms with Crippen molar-refractivity contribution in [1.82, 2.24) is 0 Å². The summed E-state index contributed by atoms with van der Waals surface area (Å²) >= 11 is 0. The zero-order valence-electron chi connectivity index (χ0n) is 20.3. The largest absolute Gasteiger partial charge is 0.400 e. The molecule has 2 aromatic carbocycles. The van der Waals surface area contributed by atoms with Gasteiger partial charge in [-0.3, -0.25) is 9.59 Å². The van der Waals surface area contributed by atoms with E-state index >= 15 is 0 Å². The fourth-order valence-electron chi connectivity index (χ4n) is 3.93. The molecule has 0 aliphatic carbocycles. The van der Waals surface area contributed by atoms with Gasteiger partial charge in [0.2, 0.25) is 11.6 Å². The number of carbonyl (C=O) groups is 2. The molecule has 8 nitrogen and oxygen atoms in total. The molecule has 0 bridgehead atoms. The number of aryl methyl sites for hydroxylation is 1. The molecule has 0 saturated heterocycles. The van der Waals surface area contributed by atoms with Crippen molar-refractivity contribution >= 4 is 56.7 Å². The Kier molecular flexibility index (Phi) is 11.7. The molecular weight excluding hydrogens is 559 g/mol. The van der Waals surface area contributed by atoms with Gasteiger partial charge >= 0.3 is 5.71 Å². The fraction of sp³-hybridized carbons (Fsp3) is 0.400. The van der Waals surface area contributed by atoms with Crippen LogP contribution in [-0.4, -0.2) is 38.9 Å². The van der Waals surface area contributed by atoms with E-state index < -0.39 is 35.4 Å². The van der Waals surface area contributed by atoms with E-state index in [9.17, 15) is 32.0 Å². The standard InChI is InChI=1S/C25H28Cl2N2O6S2/c1-2-19(20-10-15-22(16-11-20)37(27,34)35)12-17-24(31)25(29-28)23(30)7-5-3-4-6-18-8-13-21(14-9-18)36(26,32)33/h8-11,13-16,19H,2-7,12,17H2,1H3. The van der Waals surface area contributed by atoms with Crippen LogP contribution in [0.2, 0.25) is 0 Å². The summed E-state index contributed by atoms with van der Waals surface area (Å²) in [5.74, 6) is -1.11. The summed E-state index contributed by atoms with van der Waals surface area (Å²) in [6, 6.07) is 12.4. The second-order valence-corrected chi connectivity index (χ2v) is 13.7. The Hall–Kier alpha value is -2.36. The average Bonchev–Trinajstić information content (AvgIpc) is 2.84. The molecule has 37 heavy (non-hydrogen) atoms. The van der Waals surface area contributed by atoms with Crippen LogP contribution in [0.4, 0.5) is 0 Å². The molecule has 0 fully saturated rings. The molecule has 0 amide bonds. The van der Waals surface area contributed by atoms with E-state index in [0.29, 0.717) is 32.1 Å². The van der Waals surface area contributed by atoms with E-state index in [1.807, 2.05) is 6.92 Å². The summed E-state index contributed by atoms with van der Waals surface area (Å²) in [5.41, 5.74) is 10.6. The number of ketones is 2. The van der Waals surface area contributed by atoms with Gasteiger partial charge in [0.05, 0.1) is 9.79 Å². The number of rotatable bonds is 15. The van der Waals surface area contributed by atoms with Gasteiger partial charge in [0.25, 0.3) is 18.1 Å². The molecule has 200 valence electrons. The number of hydrogen-bond donors (Lipinski definition) is 0. The number of hydrogen-bond acceptors (Lipinski definition) is 6. The summed E-state index contributed by atoms with van der Waals surface area (Å²) < 4.78 is 45.4. The van der Waals surface area contributed by atoms with Crippen LogP contribution in [0.15, 0.2) is 58.3 Å². The van der Waals surface area contributed by atoms with Crippen molar-refractivity contribution < 1.29 is 31.2 Å². The maximum absolute atomic E-state index is 12.6. The Morgan fingerprint density at radius 2 is 1.32 bits per heavy atom. The lowest BCUT2D eigenvalue weighted by atomic mass is 9.90. The van der Waals surface area contributed by atoms with Crippen molar-refractivity contribution in [3.05, 3.63) is 65.2 Å². The van der Waals surface area contributed by atoms with Crippen molar-refractivity contribution in [2.24, 2.45) is 0 Å². The minimum atomic E-state index is -3.82. The molecule has 0 aromatic heterocycles. The number of nitrogens with zero attached hydrogens (tertiary/aromatic N) is 2. The first-order valence-electron chi connectivity index (χ1n) is 11.7. The van der Waals surface area contributed by atoms with E-state index in [-0.39, 0.29) is 28.6 Å². The molecule has 0 aliphatic heterocycles. The van der Waals surface area contributed by atoms with Gasteiger partial charge in [-0.05, 0) is 73.4 Å². The minimum absolute atomic E-state index is 0.00716. The van der Waals surface area contributed by atoms with Crippen molar-refractivity contribution in [3.63, 3.8) is 0 Å². The van der Waals surface area contributed by atoms with E-state index in [0.717, 1.165) is 17.5 Å². The zero-order valence-corrected chi connectivity index (χ0v) is 23.4. The van der Waals surface area contributed by atoms with Crippen LogP contribution in [0.25, 0.3) is 5.53 Å². The highest BCUT2D eigenvalue weighted by Crippen LogP contribution is 2.27. The molecule has 0 N–H and O–H groups in total. The Balaban J connectivity index is 1.81. The SMILES string of the molecule is CCC(CCC(=O)C(=[N+]=[N-])C(=O)CCCCCc1ccc(S(=O)(=O)Cl)cc1)c1ccc(S(=O)(=O)Cl)cc1. The normalized spacial score (nSPS) is 12.5. The molecule has 1 atom stereocenters. The Morgan fingerprint density at radius 3 is 1.81 bits per heavy atom. The first kappa shape index (κ1) is 30.9. The van der Waals surface area contributed by atoms with Crippen LogP contribution in [0, 0.1) is 0 Å². The van der Waals surface area contributed by atoms with Gasteiger partial charge in [-0.25, -0.2) is 16.8 Å². The maximum Gasteiger partial charge on any atom is 0.400 e. The van der Waals surface area contributed by atoms with E-state index in [1.54, 1.807) is 24.3 Å². The highest BCUT2D eigenvalue weighted by atomic mass is 35.7. The van der Waals surface area contributed by atoms with Gasteiger partial charge in [0, 0.05) is 34.2 Å². The first-order chi connectivity index (χ1) is 17.4. The van der Waals surface area contributed by atoms with Crippen LogP contribution in [0.3, 0.4) is 0 Å². The molecule has 0 aliphatic rings. The van der Waals surface area contributed by atoms with Crippen LogP contribution < -0.4 is 0 Å². The average molecular weight is 588 g/mol. The van der Waals surface area contributed by atoms with E-state index in [1.165, 1.54) is 24.3 Å². The molecule has 0 spiro atoms. The summed E-state index contributed by atoms with van der Waals surface area (Å²) in [5, 5.41) is 0. The number of Topliss-reactive ketones (excluding diaryl/α,β-unsaturated/α-hetero) is 2. The molecule has 1 unspecified atom stereocenters. The molecule has 12 heteroatoms. The van der Waals surface area contributed by atoms with E-state index in [4.69, 9.17) is 21.4 Å². The van der Waals surface area contributed by atoms with Gasteiger partial charge in [-0.2, -0.15) is 4.79 Å². The topological polar surface area (TPSA) is 139 Å². The summed E-state index contributed by atoms with van der Waals surface area (Å²) in [4.78, 5) is 28.0. The number of unbranched alkanes of at least 4 members (excludes halogenated alkanes) is 2. The third-order valence-corrected chi connectivity index (χ3v) is 8.79. The summed E-state index contributed by atoms with van der Waals surface area (Å²) in [6.45, 7) is 1.93. The first-order valence-corrected chi connectivity index (χ1v) is 16.3. The molecule has 0 heterocycles. The van der Waals surface area contributed by atoms with Gasteiger partial charge in [-0.1, -0.05) is 37.6 Å². The lowest BCUT2D eigenvalue weighted by Gasteiger charge is -2.14. The Bertz CT molecular complexity index is 1370. The molecule has 0 radical (unpaired) electrons. The number of benzene rings is 2. The fourth-order valence-corrected chi connectivity index (χ4v) is 5.47. The molecule has 2 rings (SSSR count). The van der Waals surface area contributed by atoms with Gasteiger partial charge in [0.1, 0.15) is 0 Å². The predicted octanol–water partition coefficient (Wildman–Crippen LogP) is 5.43. The zero-order chi connectivity index (χ0) is 27.6. The van der Waals surface area contributed by atoms with Crippen molar-refractivity contribution in [2.75, 3.05) is 0 Å². The maximum atomic E-state index is 12.6. The summed E-state index contributed by atoms with van der Waals surface area (Å²) in [7, 11) is 3.07. The smallest absolute Gasteiger partial charge is 0.360 e. The number of carbonyl (C=O) groups excluding carboxylic acids is 2. The van der Waals surface area contributed by atoms with Gasteiger partial charge in [0.15, 0.2) is 0 Å². The predicted molar refractivity (Wildman–Crippen MR) is 142 cm³/mol. The van der Waals surface area contributed by atoms with Crippen LogP contribution in [0.1, 0.15) is 68.9 Å². The number of halogens is 2. The second-order valence-electron chi connectivity index (χ2n) is 8.59. The van der Waals surface area contributed by atoms with Gasteiger partial charge < -0.3 is 5.53 Å².